The van der Waals surface area contributed by atoms with Crippen LogP contribution in [0.25, 0.3) is 0 Å². The minimum Gasteiger partial charge on any atom is -0.382 e. The standard InChI is InChI=1S/C14H14ClN3O/c1-9-4-3-5-11(6-9)18(2)14(19)10-7-12(15)13(16)17-8-10/h3-8H,1-2H3,(H2,16,17). The van der Waals surface area contributed by atoms with Crippen LogP contribution in [0, 0.1) is 6.92 Å². The molecule has 4 nitrogen and oxygen atoms in total. The van der Waals surface area contributed by atoms with Crippen LogP contribution in [0.2, 0.25) is 5.02 Å². The van der Waals surface area contributed by atoms with Crippen molar-refractivity contribution in [2.45, 2.75) is 6.92 Å². The summed E-state index contributed by atoms with van der Waals surface area (Å²) in [5, 5.41) is 0.281. The van der Waals surface area contributed by atoms with E-state index in [1.807, 2.05) is 31.2 Å². The van der Waals surface area contributed by atoms with E-state index in [2.05, 4.69) is 4.98 Å². The van der Waals surface area contributed by atoms with E-state index in [4.69, 9.17) is 17.3 Å². The molecule has 0 unspecified atom stereocenters. The summed E-state index contributed by atoms with van der Waals surface area (Å²) < 4.78 is 0. The van der Waals surface area contributed by atoms with Crippen LogP contribution in [0.1, 0.15) is 15.9 Å². The zero-order chi connectivity index (χ0) is 14.0. The predicted molar refractivity (Wildman–Crippen MR) is 77.6 cm³/mol. The van der Waals surface area contributed by atoms with Gasteiger partial charge in [-0.05, 0) is 30.7 Å². The van der Waals surface area contributed by atoms with Gasteiger partial charge in [-0.1, -0.05) is 23.7 Å². The molecule has 0 spiro atoms. The predicted octanol–water partition coefficient (Wildman–Crippen LogP) is 2.90. The summed E-state index contributed by atoms with van der Waals surface area (Å²) in [6, 6.07) is 9.21. The molecule has 2 N–H and O–H groups in total. The number of nitrogen functional groups attached to an aromatic ring is 1. The lowest BCUT2D eigenvalue weighted by molar-refractivity contribution is 0.0992. The lowest BCUT2D eigenvalue weighted by Gasteiger charge is -2.18. The summed E-state index contributed by atoms with van der Waals surface area (Å²) in [6.07, 6.45) is 1.43. The second-order valence-electron chi connectivity index (χ2n) is 4.29. The molecule has 0 aliphatic carbocycles. The molecule has 1 aromatic carbocycles. The first-order valence-electron chi connectivity index (χ1n) is 5.75. The van der Waals surface area contributed by atoms with Gasteiger partial charge >= 0.3 is 0 Å². The molecule has 1 aromatic heterocycles. The van der Waals surface area contributed by atoms with Crippen molar-refractivity contribution in [3.05, 3.63) is 52.7 Å². The Morgan fingerprint density at radius 2 is 2.11 bits per heavy atom. The van der Waals surface area contributed by atoms with Crippen molar-refractivity contribution in [1.82, 2.24) is 4.98 Å². The number of carbonyl (C=O) groups is 1. The molecule has 98 valence electrons. The molecule has 5 heteroatoms. The highest BCUT2D eigenvalue weighted by Crippen LogP contribution is 2.20. The van der Waals surface area contributed by atoms with Gasteiger partial charge in [0.15, 0.2) is 0 Å². The monoisotopic (exact) mass is 275 g/mol. The van der Waals surface area contributed by atoms with Crippen LogP contribution in [0.15, 0.2) is 36.5 Å². The first-order valence-corrected chi connectivity index (χ1v) is 6.12. The number of rotatable bonds is 2. The Labute approximate surface area is 116 Å². The number of amides is 1. The molecule has 0 bridgehead atoms. The van der Waals surface area contributed by atoms with Gasteiger partial charge in [0.05, 0.1) is 10.6 Å². The average molecular weight is 276 g/mol. The van der Waals surface area contributed by atoms with Gasteiger partial charge in [0.25, 0.3) is 5.91 Å². The van der Waals surface area contributed by atoms with E-state index in [1.165, 1.54) is 12.3 Å². The Bertz CT molecular complexity index is 628. The Balaban J connectivity index is 2.30. The fourth-order valence-corrected chi connectivity index (χ4v) is 1.88. The van der Waals surface area contributed by atoms with Crippen LogP contribution < -0.4 is 10.6 Å². The van der Waals surface area contributed by atoms with Crippen LogP contribution in [-0.2, 0) is 0 Å². The molecule has 19 heavy (non-hydrogen) atoms. The number of aromatic nitrogens is 1. The summed E-state index contributed by atoms with van der Waals surface area (Å²) in [7, 11) is 1.71. The van der Waals surface area contributed by atoms with E-state index >= 15 is 0 Å². The van der Waals surface area contributed by atoms with Gasteiger partial charge in [0.1, 0.15) is 5.82 Å². The lowest BCUT2D eigenvalue weighted by atomic mass is 10.2. The highest BCUT2D eigenvalue weighted by atomic mass is 35.5. The van der Waals surface area contributed by atoms with Crippen LogP contribution in [0.4, 0.5) is 11.5 Å². The minimum atomic E-state index is -0.181. The molecule has 1 amide bonds. The van der Waals surface area contributed by atoms with Crippen molar-refractivity contribution in [3.63, 3.8) is 0 Å². The number of nitrogens with two attached hydrogens (primary N) is 1. The number of carbonyl (C=O) groups excluding carboxylic acids is 1. The number of anilines is 2. The van der Waals surface area contributed by atoms with Gasteiger partial charge < -0.3 is 10.6 Å². The molecule has 0 aliphatic rings. The minimum absolute atomic E-state index is 0.181. The summed E-state index contributed by atoms with van der Waals surface area (Å²) in [4.78, 5) is 17.8. The Hall–Kier alpha value is -2.07. The molecule has 2 rings (SSSR count). The number of hydrogen-bond acceptors (Lipinski definition) is 3. The summed E-state index contributed by atoms with van der Waals surface area (Å²) in [5.41, 5.74) is 7.84. The van der Waals surface area contributed by atoms with Crippen molar-refractivity contribution in [2.24, 2.45) is 0 Å². The Morgan fingerprint density at radius 3 is 2.74 bits per heavy atom. The van der Waals surface area contributed by atoms with Gasteiger partial charge in [0, 0.05) is 18.9 Å². The quantitative estimate of drug-likeness (QED) is 0.917. The van der Waals surface area contributed by atoms with Crippen molar-refractivity contribution in [1.29, 1.82) is 0 Å². The normalized spacial score (nSPS) is 10.3. The molecule has 1 heterocycles. The van der Waals surface area contributed by atoms with E-state index in [0.717, 1.165) is 11.3 Å². The SMILES string of the molecule is Cc1cccc(N(C)C(=O)c2cnc(N)c(Cl)c2)c1. The third-order valence-corrected chi connectivity index (χ3v) is 3.11. The zero-order valence-electron chi connectivity index (χ0n) is 10.7. The van der Waals surface area contributed by atoms with E-state index < -0.39 is 0 Å². The maximum Gasteiger partial charge on any atom is 0.259 e. The van der Waals surface area contributed by atoms with Crippen LogP contribution in [0.3, 0.4) is 0 Å². The lowest BCUT2D eigenvalue weighted by Crippen LogP contribution is -2.26. The van der Waals surface area contributed by atoms with Gasteiger partial charge in [0.2, 0.25) is 0 Å². The molecule has 0 atom stereocenters. The van der Waals surface area contributed by atoms with E-state index in [9.17, 15) is 4.79 Å². The van der Waals surface area contributed by atoms with Crippen molar-refractivity contribution in [2.75, 3.05) is 17.7 Å². The summed E-state index contributed by atoms with van der Waals surface area (Å²) in [6.45, 7) is 1.98. The number of halogens is 1. The molecule has 0 radical (unpaired) electrons. The Morgan fingerprint density at radius 1 is 1.37 bits per heavy atom. The van der Waals surface area contributed by atoms with Gasteiger partial charge in [-0.25, -0.2) is 4.98 Å². The first kappa shape index (κ1) is 13.4. The fraction of sp³-hybridized carbons (Fsp3) is 0.143. The van der Waals surface area contributed by atoms with Crippen LogP contribution in [0.5, 0.6) is 0 Å². The topological polar surface area (TPSA) is 59.2 Å². The molecule has 0 fully saturated rings. The van der Waals surface area contributed by atoms with Crippen molar-refractivity contribution < 1.29 is 4.79 Å². The number of nitrogens with zero attached hydrogens (tertiary/aromatic N) is 2. The molecular formula is C14H14ClN3O. The molecule has 0 aliphatic heterocycles. The number of benzene rings is 1. The number of pyridine rings is 1. The molecular weight excluding hydrogens is 262 g/mol. The highest BCUT2D eigenvalue weighted by molar-refractivity contribution is 6.33. The smallest absolute Gasteiger partial charge is 0.259 e. The summed E-state index contributed by atoms with van der Waals surface area (Å²) >= 11 is 5.88. The fourth-order valence-electron chi connectivity index (χ4n) is 1.71. The van der Waals surface area contributed by atoms with Crippen LogP contribution in [-0.4, -0.2) is 17.9 Å². The van der Waals surface area contributed by atoms with Crippen LogP contribution >= 0.6 is 11.6 Å². The first-order chi connectivity index (χ1) is 8.99. The second kappa shape index (κ2) is 5.28. The summed E-state index contributed by atoms with van der Waals surface area (Å²) in [5.74, 6) is 0.0384. The molecule has 0 saturated heterocycles. The van der Waals surface area contributed by atoms with Gasteiger partial charge in [-0.3, -0.25) is 4.79 Å². The molecule has 0 saturated carbocycles. The van der Waals surface area contributed by atoms with Gasteiger partial charge in [-0.15, -0.1) is 0 Å². The van der Waals surface area contributed by atoms with E-state index in [1.54, 1.807) is 11.9 Å². The maximum absolute atomic E-state index is 12.3. The highest BCUT2D eigenvalue weighted by Gasteiger charge is 2.15. The second-order valence-corrected chi connectivity index (χ2v) is 4.70. The van der Waals surface area contributed by atoms with Gasteiger partial charge in [-0.2, -0.15) is 0 Å². The van der Waals surface area contributed by atoms with Crippen molar-refractivity contribution in [3.8, 4) is 0 Å². The molecule has 2 aromatic rings. The Kier molecular flexibility index (Phi) is 3.71. The largest absolute Gasteiger partial charge is 0.382 e. The average Bonchev–Trinajstić information content (AvgIpc) is 2.40. The third kappa shape index (κ3) is 2.85. The number of hydrogen-bond donors (Lipinski definition) is 1. The van der Waals surface area contributed by atoms with E-state index in [-0.39, 0.29) is 16.7 Å². The maximum atomic E-state index is 12.3. The van der Waals surface area contributed by atoms with Crippen molar-refractivity contribution >= 4 is 29.0 Å². The zero-order valence-corrected chi connectivity index (χ0v) is 11.5. The number of aryl methyl sites for hydroxylation is 1. The third-order valence-electron chi connectivity index (χ3n) is 2.81. The van der Waals surface area contributed by atoms with E-state index in [0.29, 0.717) is 5.56 Å².